The molecule has 1 aliphatic heterocycles. The molecule has 1 fully saturated rings. The van der Waals surface area contributed by atoms with Crippen LogP contribution in [0.15, 0.2) is 0 Å². The second kappa shape index (κ2) is 3.46. The molecule has 0 spiro atoms. The summed E-state index contributed by atoms with van der Waals surface area (Å²) in [5.74, 6) is 1.62. The number of carbonyl (C=O) groups is 1. The van der Waals surface area contributed by atoms with Crippen LogP contribution in [0.3, 0.4) is 0 Å². The maximum Gasteiger partial charge on any atom is 0.223 e. The summed E-state index contributed by atoms with van der Waals surface area (Å²) in [6.07, 6.45) is 1.03. The van der Waals surface area contributed by atoms with E-state index in [1.807, 2.05) is 0 Å². The Hall–Kier alpha value is -0.530. The van der Waals surface area contributed by atoms with E-state index < -0.39 is 0 Å². The summed E-state index contributed by atoms with van der Waals surface area (Å²) in [7, 11) is 0. The number of carbonyl (C=O) groups excluding carboxylic acids is 1. The van der Waals surface area contributed by atoms with Crippen LogP contribution in [0.4, 0.5) is 0 Å². The largest absolute Gasteiger partial charge is 0.353 e. The van der Waals surface area contributed by atoms with Crippen molar-refractivity contribution in [3.63, 3.8) is 0 Å². The molecule has 0 bridgehead atoms. The third-order valence-electron chi connectivity index (χ3n) is 2.86. The molecule has 0 aromatic rings. The van der Waals surface area contributed by atoms with Gasteiger partial charge in [0.15, 0.2) is 0 Å². The number of hydrogen-bond donors (Lipinski definition) is 1. The summed E-state index contributed by atoms with van der Waals surface area (Å²) in [6.45, 7) is 8.59. The molecule has 0 radical (unpaired) electrons. The van der Waals surface area contributed by atoms with Crippen molar-refractivity contribution >= 4 is 5.91 Å². The van der Waals surface area contributed by atoms with Crippen molar-refractivity contribution in [3.05, 3.63) is 0 Å². The van der Waals surface area contributed by atoms with Gasteiger partial charge in [-0.2, -0.15) is 0 Å². The summed E-state index contributed by atoms with van der Waals surface area (Å²) >= 11 is 0. The minimum Gasteiger partial charge on any atom is -0.353 e. The second-order valence-electron chi connectivity index (χ2n) is 4.39. The van der Waals surface area contributed by atoms with E-state index in [1.165, 1.54) is 0 Å². The van der Waals surface area contributed by atoms with Crippen LogP contribution in [0.25, 0.3) is 0 Å². The fourth-order valence-corrected chi connectivity index (χ4v) is 1.88. The van der Waals surface area contributed by atoms with Crippen molar-refractivity contribution in [2.75, 3.05) is 0 Å². The first-order valence-electron chi connectivity index (χ1n) is 4.82. The first-order valence-corrected chi connectivity index (χ1v) is 4.82. The van der Waals surface area contributed by atoms with Gasteiger partial charge in [0.05, 0.1) is 0 Å². The zero-order chi connectivity index (χ0) is 9.30. The predicted octanol–water partition coefficient (Wildman–Crippen LogP) is 1.80. The Kier molecular flexibility index (Phi) is 2.76. The van der Waals surface area contributed by atoms with Crippen LogP contribution in [0.1, 0.15) is 34.1 Å². The topological polar surface area (TPSA) is 29.1 Å². The lowest BCUT2D eigenvalue weighted by Gasteiger charge is -2.16. The molecule has 0 aliphatic carbocycles. The number of hydrogen-bond acceptors (Lipinski definition) is 1. The van der Waals surface area contributed by atoms with Gasteiger partial charge in [-0.15, -0.1) is 0 Å². The molecule has 70 valence electrons. The van der Waals surface area contributed by atoms with Gasteiger partial charge in [-0.25, -0.2) is 0 Å². The molecule has 0 saturated carbocycles. The van der Waals surface area contributed by atoms with Gasteiger partial charge in [0.25, 0.3) is 0 Å². The Morgan fingerprint density at radius 1 is 1.42 bits per heavy atom. The minimum atomic E-state index is 0.250. The fraction of sp³-hybridized carbons (Fsp3) is 0.900. The summed E-state index contributed by atoms with van der Waals surface area (Å²) in [6, 6.07) is 0.362. The van der Waals surface area contributed by atoms with Gasteiger partial charge >= 0.3 is 0 Å². The molecule has 1 unspecified atom stereocenters. The summed E-state index contributed by atoms with van der Waals surface area (Å²) in [5, 5.41) is 2.98. The third kappa shape index (κ3) is 1.79. The highest BCUT2D eigenvalue weighted by Crippen LogP contribution is 2.28. The average Bonchev–Trinajstić information content (AvgIpc) is 2.16. The molecule has 1 saturated heterocycles. The van der Waals surface area contributed by atoms with E-state index >= 15 is 0 Å². The molecule has 1 amide bonds. The lowest BCUT2D eigenvalue weighted by atomic mass is 9.86. The SMILES string of the molecule is CC(C)C[C@H]1C(=O)NC(C)[C@@H]1C. The Balaban J connectivity index is 2.57. The van der Waals surface area contributed by atoms with Gasteiger partial charge < -0.3 is 5.32 Å². The van der Waals surface area contributed by atoms with Crippen LogP contribution in [0.5, 0.6) is 0 Å². The molecule has 1 N–H and O–H groups in total. The highest BCUT2D eigenvalue weighted by molar-refractivity contribution is 5.81. The van der Waals surface area contributed by atoms with Gasteiger partial charge in [0, 0.05) is 12.0 Å². The highest BCUT2D eigenvalue weighted by atomic mass is 16.2. The standard InChI is InChI=1S/C10H19NO/c1-6(2)5-9-7(3)8(4)11-10(9)12/h6-9H,5H2,1-4H3,(H,11,12)/t7-,8?,9+/m0/s1. The number of rotatable bonds is 2. The van der Waals surface area contributed by atoms with E-state index in [0.717, 1.165) is 6.42 Å². The zero-order valence-electron chi connectivity index (χ0n) is 8.42. The molecule has 1 rings (SSSR count). The van der Waals surface area contributed by atoms with Gasteiger partial charge in [0.2, 0.25) is 5.91 Å². The molecule has 2 heteroatoms. The molecule has 0 aromatic heterocycles. The van der Waals surface area contributed by atoms with Crippen LogP contribution in [0, 0.1) is 17.8 Å². The Bertz CT molecular complexity index is 177. The third-order valence-corrected chi connectivity index (χ3v) is 2.86. The van der Waals surface area contributed by atoms with Crippen molar-refractivity contribution in [1.82, 2.24) is 5.32 Å². The van der Waals surface area contributed by atoms with Crippen molar-refractivity contribution in [1.29, 1.82) is 0 Å². The number of nitrogens with one attached hydrogen (secondary N) is 1. The van der Waals surface area contributed by atoms with E-state index in [0.29, 0.717) is 17.9 Å². The first kappa shape index (κ1) is 9.56. The van der Waals surface area contributed by atoms with Crippen LogP contribution < -0.4 is 5.32 Å². The van der Waals surface area contributed by atoms with Crippen molar-refractivity contribution in [3.8, 4) is 0 Å². The van der Waals surface area contributed by atoms with Crippen LogP contribution >= 0.6 is 0 Å². The Morgan fingerprint density at radius 2 is 2.00 bits per heavy atom. The normalized spacial score (nSPS) is 35.8. The van der Waals surface area contributed by atoms with Crippen molar-refractivity contribution in [2.45, 2.75) is 40.2 Å². The van der Waals surface area contributed by atoms with Crippen molar-refractivity contribution < 1.29 is 4.79 Å². The van der Waals surface area contributed by atoms with E-state index in [2.05, 4.69) is 33.0 Å². The van der Waals surface area contributed by atoms with Gasteiger partial charge in [-0.1, -0.05) is 20.8 Å². The lowest BCUT2D eigenvalue weighted by molar-refractivity contribution is -0.123. The summed E-state index contributed by atoms with van der Waals surface area (Å²) in [5.41, 5.74) is 0. The smallest absolute Gasteiger partial charge is 0.223 e. The highest BCUT2D eigenvalue weighted by Gasteiger charge is 2.36. The van der Waals surface area contributed by atoms with Crippen LogP contribution in [-0.2, 0) is 4.79 Å². The molecule has 2 nitrogen and oxygen atoms in total. The van der Waals surface area contributed by atoms with Crippen molar-refractivity contribution in [2.24, 2.45) is 17.8 Å². The van der Waals surface area contributed by atoms with Gasteiger partial charge in [-0.05, 0) is 25.2 Å². The van der Waals surface area contributed by atoms with Crippen LogP contribution in [-0.4, -0.2) is 11.9 Å². The second-order valence-corrected chi connectivity index (χ2v) is 4.39. The number of amides is 1. The van der Waals surface area contributed by atoms with E-state index in [1.54, 1.807) is 0 Å². The first-order chi connectivity index (χ1) is 5.52. The minimum absolute atomic E-state index is 0.250. The summed E-state index contributed by atoms with van der Waals surface area (Å²) in [4.78, 5) is 11.4. The van der Waals surface area contributed by atoms with Crippen LogP contribution in [0.2, 0.25) is 0 Å². The fourth-order valence-electron chi connectivity index (χ4n) is 1.88. The molecule has 12 heavy (non-hydrogen) atoms. The molecule has 3 atom stereocenters. The molecule has 0 aromatic carbocycles. The molecular weight excluding hydrogens is 150 g/mol. The quantitative estimate of drug-likeness (QED) is 0.671. The lowest BCUT2D eigenvalue weighted by Crippen LogP contribution is -2.24. The predicted molar refractivity (Wildman–Crippen MR) is 49.7 cm³/mol. The monoisotopic (exact) mass is 169 g/mol. The van der Waals surface area contributed by atoms with E-state index in [9.17, 15) is 4.79 Å². The Labute approximate surface area is 74.7 Å². The molecular formula is C10H19NO. The average molecular weight is 169 g/mol. The molecule has 1 heterocycles. The molecule has 1 aliphatic rings. The van der Waals surface area contributed by atoms with Gasteiger partial charge in [-0.3, -0.25) is 4.79 Å². The zero-order valence-corrected chi connectivity index (χ0v) is 8.42. The van der Waals surface area contributed by atoms with Gasteiger partial charge in [0.1, 0.15) is 0 Å². The van der Waals surface area contributed by atoms with E-state index in [4.69, 9.17) is 0 Å². The Morgan fingerprint density at radius 3 is 2.33 bits per heavy atom. The van der Waals surface area contributed by atoms with E-state index in [-0.39, 0.29) is 11.8 Å². The maximum atomic E-state index is 11.4. The summed E-state index contributed by atoms with van der Waals surface area (Å²) < 4.78 is 0. The maximum absolute atomic E-state index is 11.4.